The second-order valence-corrected chi connectivity index (χ2v) is 3.82. The van der Waals surface area contributed by atoms with Crippen LogP contribution in [0.15, 0.2) is 24.3 Å². The number of carbonyl (C=O) groups is 2. The van der Waals surface area contributed by atoms with Crippen molar-refractivity contribution in [3.8, 4) is 5.75 Å². The average molecular weight is 219 g/mol. The number of ether oxygens (including phenoxy) is 1. The van der Waals surface area contributed by atoms with E-state index >= 15 is 0 Å². The topological polar surface area (TPSA) is 55.4 Å². The summed E-state index contributed by atoms with van der Waals surface area (Å²) in [6.07, 6.45) is 0. The first kappa shape index (κ1) is 10.7. The second kappa shape index (κ2) is 4.35. The van der Waals surface area contributed by atoms with Crippen LogP contribution in [0.4, 0.5) is 0 Å². The quantitative estimate of drug-likeness (QED) is 0.820. The molecule has 0 aromatic heterocycles. The average Bonchev–Trinajstić information content (AvgIpc) is 2.69. The molecular formula is C12H13NO3. The zero-order chi connectivity index (χ0) is 11.5. The predicted molar refractivity (Wildman–Crippen MR) is 58.4 cm³/mol. The fourth-order valence-electron chi connectivity index (χ4n) is 1.71. The number of fused-ring (bicyclic) bond motifs is 1. The number of hydrogen-bond donors (Lipinski definition) is 1. The first-order valence-corrected chi connectivity index (χ1v) is 5.17. The van der Waals surface area contributed by atoms with Gasteiger partial charge in [-0.25, -0.2) is 0 Å². The van der Waals surface area contributed by atoms with Gasteiger partial charge in [0.2, 0.25) is 5.91 Å². The van der Waals surface area contributed by atoms with Crippen molar-refractivity contribution in [3.05, 3.63) is 29.8 Å². The maximum atomic E-state index is 11.8. The molecule has 0 saturated heterocycles. The maximum absolute atomic E-state index is 11.8. The van der Waals surface area contributed by atoms with Crippen molar-refractivity contribution in [1.82, 2.24) is 5.32 Å². The van der Waals surface area contributed by atoms with Gasteiger partial charge < -0.3 is 10.1 Å². The molecule has 1 unspecified atom stereocenters. The lowest BCUT2D eigenvalue weighted by atomic mass is 10.0. The number of para-hydroxylation sites is 1. The highest BCUT2D eigenvalue weighted by molar-refractivity contribution is 5.89. The standard InChI is InChI=1S/C12H13NO3/c1-8(14)6-13-12(15)10-7-16-11-5-3-2-4-9(10)11/h2-5,10H,6-7H2,1H3,(H,13,15). The van der Waals surface area contributed by atoms with Gasteiger partial charge in [-0.2, -0.15) is 0 Å². The van der Waals surface area contributed by atoms with Crippen molar-refractivity contribution in [1.29, 1.82) is 0 Å². The van der Waals surface area contributed by atoms with Crippen LogP contribution in [0.5, 0.6) is 5.75 Å². The number of carbonyl (C=O) groups excluding carboxylic acids is 2. The highest BCUT2D eigenvalue weighted by Crippen LogP contribution is 2.33. The highest BCUT2D eigenvalue weighted by atomic mass is 16.5. The van der Waals surface area contributed by atoms with E-state index in [4.69, 9.17) is 4.74 Å². The summed E-state index contributed by atoms with van der Waals surface area (Å²) in [6, 6.07) is 7.46. The molecule has 1 heterocycles. The van der Waals surface area contributed by atoms with Gasteiger partial charge in [-0.1, -0.05) is 18.2 Å². The first-order chi connectivity index (χ1) is 7.68. The van der Waals surface area contributed by atoms with E-state index < -0.39 is 0 Å². The minimum absolute atomic E-state index is 0.0550. The van der Waals surface area contributed by atoms with E-state index in [2.05, 4.69) is 5.32 Å². The molecule has 16 heavy (non-hydrogen) atoms. The molecule has 1 amide bonds. The van der Waals surface area contributed by atoms with E-state index in [9.17, 15) is 9.59 Å². The van der Waals surface area contributed by atoms with Gasteiger partial charge in [0.1, 0.15) is 24.1 Å². The van der Waals surface area contributed by atoms with Crippen molar-refractivity contribution in [3.63, 3.8) is 0 Å². The monoisotopic (exact) mass is 219 g/mol. The van der Waals surface area contributed by atoms with Crippen molar-refractivity contribution in [2.24, 2.45) is 0 Å². The van der Waals surface area contributed by atoms with Crippen LogP contribution in [0.2, 0.25) is 0 Å². The van der Waals surface area contributed by atoms with Crippen LogP contribution in [-0.4, -0.2) is 24.8 Å². The summed E-state index contributed by atoms with van der Waals surface area (Å²) in [5, 5.41) is 2.60. The Hall–Kier alpha value is -1.84. The van der Waals surface area contributed by atoms with Crippen molar-refractivity contribution in [2.75, 3.05) is 13.2 Å². The Morgan fingerprint density at radius 2 is 2.19 bits per heavy atom. The van der Waals surface area contributed by atoms with Crippen LogP contribution in [0.3, 0.4) is 0 Å². The third kappa shape index (κ3) is 2.05. The zero-order valence-corrected chi connectivity index (χ0v) is 9.03. The Kier molecular flexibility index (Phi) is 2.90. The van der Waals surface area contributed by atoms with Gasteiger partial charge in [0.05, 0.1) is 6.54 Å². The molecule has 0 saturated carbocycles. The molecule has 84 valence electrons. The Morgan fingerprint density at radius 3 is 2.94 bits per heavy atom. The molecule has 1 atom stereocenters. The van der Waals surface area contributed by atoms with Gasteiger partial charge in [-0.15, -0.1) is 0 Å². The first-order valence-electron chi connectivity index (χ1n) is 5.17. The molecule has 4 nitrogen and oxygen atoms in total. The summed E-state index contributed by atoms with van der Waals surface area (Å²) >= 11 is 0. The van der Waals surface area contributed by atoms with Gasteiger partial charge in [0.25, 0.3) is 0 Å². The molecule has 1 aromatic carbocycles. The summed E-state index contributed by atoms with van der Waals surface area (Å²) in [5.74, 6) is 0.252. The molecule has 0 aliphatic carbocycles. The number of amides is 1. The molecular weight excluding hydrogens is 206 g/mol. The lowest BCUT2D eigenvalue weighted by molar-refractivity contribution is -0.125. The van der Waals surface area contributed by atoms with Crippen LogP contribution in [0.1, 0.15) is 18.4 Å². The SMILES string of the molecule is CC(=O)CNC(=O)C1COc2ccccc21. The highest BCUT2D eigenvalue weighted by Gasteiger charge is 2.29. The Bertz CT molecular complexity index is 428. The molecule has 2 rings (SSSR count). The second-order valence-electron chi connectivity index (χ2n) is 3.82. The molecule has 0 spiro atoms. The molecule has 0 bridgehead atoms. The van der Waals surface area contributed by atoms with Crippen molar-refractivity contribution < 1.29 is 14.3 Å². The number of benzene rings is 1. The summed E-state index contributed by atoms with van der Waals surface area (Å²) in [5.41, 5.74) is 0.892. The molecule has 1 aliphatic rings. The summed E-state index contributed by atoms with van der Waals surface area (Å²) in [6.45, 7) is 1.87. The van der Waals surface area contributed by atoms with E-state index in [1.54, 1.807) is 0 Å². The molecule has 1 aliphatic heterocycles. The normalized spacial score (nSPS) is 17.4. The van der Waals surface area contributed by atoms with Crippen LogP contribution in [0, 0.1) is 0 Å². The fraction of sp³-hybridized carbons (Fsp3) is 0.333. The number of nitrogens with one attached hydrogen (secondary N) is 1. The van der Waals surface area contributed by atoms with E-state index in [1.165, 1.54) is 6.92 Å². The largest absolute Gasteiger partial charge is 0.492 e. The van der Waals surface area contributed by atoms with Crippen LogP contribution >= 0.6 is 0 Å². The number of Topliss-reactive ketones (excluding diaryl/α,β-unsaturated/α-hetero) is 1. The van der Waals surface area contributed by atoms with Crippen molar-refractivity contribution in [2.45, 2.75) is 12.8 Å². The van der Waals surface area contributed by atoms with Gasteiger partial charge in [0, 0.05) is 5.56 Å². The number of ketones is 1. The van der Waals surface area contributed by atoms with Gasteiger partial charge in [-0.3, -0.25) is 9.59 Å². The maximum Gasteiger partial charge on any atom is 0.231 e. The Balaban J connectivity index is 2.07. The minimum Gasteiger partial charge on any atom is -0.492 e. The fourth-order valence-corrected chi connectivity index (χ4v) is 1.71. The Morgan fingerprint density at radius 1 is 1.44 bits per heavy atom. The lowest BCUT2D eigenvalue weighted by Crippen LogP contribution is -2.33. The van der Waals surface area contributed by atoms with Crippen LogP contribution in [-0.2, 0) is 9.59 Å². The van der Waals surface area contributed by atoms with E-state index in [-0.39, 0.29) is 24.2 Å². The van der Waals surface area contributed by atoms with E-state index in [1.807, 2.05) is 24.3 Å². The third-order valence-corrected chi connectivity index (χ3v) is 2.53. The molecule has 1 aromatic rings. The van der Waals surface area contributed by atoms with Gasteiger partial charge >= 0.3 is 0 Å². The van der Waals surface area contributed by atoms with Gasteiger partial charge in [-0.05, 0) is 13.0 Å². The van der Waals surface area contributed by atoms with Crippen LogP contribution < -0.4 is 10.1 Å². The Labute approximate surface area is 93.6 Å². The number of hydrogen-bond acceptors (Lipinski definition) is 3. The molecule has 0 fully saturated rings. The number of rotatable bonds is 3. The molecule has 0 radical (unpaired) electrons. The summed E-state index contributed by atoms with van der Waals surface area (Å²) in [4.78, 5) is 22.5. The molecule has 1 N–H and O–H groups in total. The van der Waals surface area contributed by atoms with Crippen LogP contribution in [0.25, 0.3) is 0 Å². The molecule has 4 heteroatoms. The zero-order valence-electron chi connectivity index (χ0n) is 9.03. The smallest absolute Gasteiger partial charge is 0.231 e. The lowest BCUT2D eigenvalue weighted by Gasteiger charge is -2.08. The summed E-state index contributed by atoms with van der Waals surface area (Å²) in [7, 11) is 0. The van der Waals surface area contributed by atoms with Gasteiger partial charge in [0.15, 0.2) is 0 Å². The van der Waals surface area contributed by atoms with E-state index in [0.29, 0.717) is 6.61 Å². The predicted octanol–water partition coefficient (Wildman–Crippen LogP) is 0.868. The van der Waals surface area contributed by atoms with Crippen molar-refractivity contribution >= 4 is 11.7 Å². The third-order valence-electron chi connectivity index (χ3n) is 2.53. The summed E-state index contributed by atoms with van der Waals surface area (Å²) < 4.78 is 5.39. The minimum atomic E-state index is -0.296. The van der Waals surface area contributed by atoms with E-state index in [0.717, 1.165) is 11.3 Å².